The molecule has 2 saturated heterocycles. The van der Waals surface area contributed by atoms with E-state index in [1.165, 1.54) is 18.2 Å². The Kier molecular flexibility index (Phi) is 7.16. The number of nitrogens with one attached hydrogen (secondary N) is 1. The minimum Gasteiger partial charge on any atom is -0.406 e. The van der Waals surface area contributed by atoms with E-state index in [0.717, 1.165) is 63.0 Å². The van der Waals surface area contributed by atoms with Crippen molar-refractivity contribution >= 4 is 17.3 Å². The van der Waals surface area contributed by atoms with Gasteiger partial charge in [0.15, 0.2) is 0 Å². The predicted octanol–water partition coefficient (Wildman–Crippen LogP) is 5.92. The van der Waals surface area contributed by atoms with Crippen molar-refractivity contribution in [2.45, 2.75) is 44.3 Å². The lowest BCUT2D eigenvalue weighted by molar-refractivity contribution is -0.274. The summed E-state index contributed by atoms with van der Waals surface area (Å²) in [5.41, 5.74) is -0.948. The van der Waals surface area contributed by atoms with Gasteiger partial charge >= 0.3 is 12.5 Å². The molecule has 2 aliphatic heterocycles. The maximum Gasteiger partial charge on any atom is 0.573 e. The van der Waals surface area contributed by atoms with Gasteiger partial charge in [-0.25, -0.2) is 0 Å². The molecule has 4 rings (SSSR count). The molecule has 190 valence electrons. The van der Waals surface area contributed by atoms with Gasteiger partial charge in [-0.2, -0.15) is 13.2 Å². The zero-order valence-electron chi connectivity index (χ0n) is 18.8. The monoisotopic (exact) mass is 501 g/mol. The fraction of sp³-hybridized carbons (Fsp3) is 0.458. The second-order valence-corrected chi connectivity index (χ2v) is 8.76. The molecule has 5 nitrogen and oxygen atoms in total. The van der Waals surface area contributed by atoms with Crippen LogP contribution in [0.25, 0.3) is 0 Å². The summed E-state index contributed by atoms with van der Waals surface area (Å²) in [5, 5.41) is 2.36. The molecule has 2 fully saturated rings. The quantitative estimate of drug-likeness (QED) is 0.517. The van der Waals surface area contributed by atoms with Crippen LogP contribution in [0.15, 0.2) is 42.5 Å². The number of nitrogens with zero attached hydrogens (tertiary/aromatic N) is 2. The molecule has 0 saturated carbocycles. The Morgan fingerprint density at radius 1 is 0.914 bits per heavy atom. The SMILES string of the molecule is O=C(Nc1cccc(OC(F)(F)F)c1)c1cc(N2CCC(N3CCCC3)CC2)cc(C(F)(F)F)c1. The third kappa shape index (κ3) is 6.59. The number of hydrogen-bond donors (Lipinski definition) is 1. The van der Waals surface area contributed by atoms with E-state index in [2.05, 4.69) is 15.0 Å². The summed E-state index contributed by atoms with van der Waals surface area (Å²) in [6.45, 7) is 3.24. The number of halogens is 6. The van der Waals surface area contributed by atoms with Gasteiger partial charge in [-0.1, -0.05) is 6.07 Å². The number of alkyl halides is 6. The predicted molar refractivity (Wildman–Crippen MR) is 119 cm³/mol. The first kappa shape index (κ1) is 25.2. The average molecular weight is 501 g/mol. The summed E-state index contributed by atoms with van der Waals surface area (Å²) >= 11 is 0. The Balaban J connectivity index is 1.52. The average Bonchev–Trinajstić information content (AvgIpc) is 3.32. The molecule has 2 aliphatic rings. The van der Waals surface area contributed by atoms with Crippen LogP contribution in [0.3, 0.4) is 0 Å². The van der Waals surface area contributed by atoms with Crippen LogP contribution in [0, 0.1) is 0 Å². The van der Waals surface area contributed by atoms with Crippen molar-refractivity contribution in [2.75, 3.05) is 36.4 Å². The Morgan fingerprint density at radius 2 is 1.60 bits per heavy atom. The van der Waals surface area contributed by atoms with Crippen molar-refractivity contribution in [3.63, 3.8) is 0 Å². The van der Waals surface area contributed by atoms with Crippen LogP contribution in [0.1, 0.15) is 41.6 Å². The molecule has 0 aromatic heterocycles. The normalized spacial score (nSPS) is 18.1. The van der Waals surface area contributed by atoms with Crippen LogP contribution < -0.4 is 15.0 Å². The van der Waals surface area contributed by atoms with E-state index in [9.17, 15) is 31.1 Å². The first-order valence-corrected chi connectivity index (χ1v) is 11.4. The maximum atomic E-state index is 13.6. The molecule has 2 aromatic rings. The molecular weight excluding hydrogens is 476 g/mol. The fourth-order valence-electron chi connectivity index (χ4n) is 4.66. The highest BCUT2D eigenvalue weighted by Crippen LogP contribution is 2.35. The molecule has 0 bridgehead atoms. The highest BCUT2D eigenvalue weighted by atomic mass is 19.4. The molecule has 35 heavy (non-hydrogen) atoms. The number of anilines is 2. The number of hydrogen-bond acceptors (Lipinski definition) is 4. The van der Waals surface area contributed by atoms with Gasteiger partial charge in [0, 0.05) is 42.1 Å². The largest absolute Gasteiger partial charge is 0.573 e. The van der Waals surface area contributed by atoms with Crippen LogP contribution in [-0.4, -0.2) is 49.4 Å². The molecule has 11 heteroatoms. The Morgan fingerprint density at radius 3 is 2.23 bits per heavy atom. The summed E-state index contributed by atoms with van der Waals surface area (Å²) in [7, 11) is 0. The van der Waals surface area contributed by atoms with E-state index in [4.69, 9.17) is 0 Å². The van der Waals surface area contributed by atoms with Gasteiger partial charge < -0.3 is 19.9 Å². The van der Waals surface area contributed by atoms with Crippen LogP contribution in [0.5, 0.6) is 5.75 Å². The van der Waals surface area contributed by atoms with E-state index in [1.54, 1.807) is 0 Å². The summed E-state index contributed by atoms with van der Waals surface area (Å²) in [5.74, 6) is -1.42. The number of ether oxygens (including phenoxy) is 1. The van der Waals surface area contributed by atoms with Crippen molar-refractivity contribution in [3.8, 4) is 5.75 Å². The zero-order chi connectivity index (χ0) is 25.2. The van der Waals surface area contributed by atoms with Gasteiger partial charge in [0.05, 0.1) is 5.56 Å². The Hall–Kier alpha value is -2.95. The topological polar surface area (TPSA) is 44.8 Å². The number of piperidine rings is 1. The Labute approximate surface area is 198 Å². The van der Waals surface area contributed by atoms with Crippen LogP contribution >= 0.6 is 0 Å². The van der Waals surface area contributed by atoms with Gasteiger partial charge in [-0.15, -0.1) is 13.2 Å². The minimum atomic E-state index is -4.92. The third-order valence-electron chi connectivity index (χ3n) is 6.32. The van der Waals surface area contributed by atoms with Gasteiger partial charge in [-0.05, 0) is 69.1 Å². The van der Waals surface area contributed by atoms with Crippen molar-refractivity contribution in [2.24, 2.45) is 0 Å². The van der Waals surface area contributed by atoms with Crippen molar-refractivity contribution in [1.29, 1.82) is 0 Å². The molecule has 0 atom stereocenters. The maximum absolute atomic E-state index is 13.6. The van der Waals surface area contributed by atoms with Crippen molar-refractivity contribution < 1.29 is 35.9 Å². The number of rotatable bonds is 5. The highest BCUT2D eigenvalue weighted by Gasteiger charge is 2.34. The van der Waals surface area contributed by atoms with Crippen molar-refractivity contribution in [3.05, 3.63) is 53.6 Å². The molecule has 2 heterocycles. The first-order chi connectivity index (χ1) is 16.5. The van der Waals surface area contributed by atoms with Crippen LogP contribution in [-0.2, 0) is 6.18 Å². The molecule has 0 unspecified atom stereocenters. The summed E-state index contributed by atoms with van der Waals surface area (Å²) in [6.07, 6.45) is -5.61. The van der Waals surface area contributed by atoms with Crippen LogP contribution in [0.4, 0.5) is 37.7 Å². The zero-order valence-corrected chi connectivity index (χ0v) is 18.8. The molecular formula is C24H25F6N3O2. The van der Waals surface area contributed by atoms with E-state index in [1.807, 2.05) is 4.90 Å². The number of benzene rings is 2. The highest BCUT2D eigenvalue weighted by molar-refractivity contribution is 6.05. The smallest absolute Gasteiger partial charge is 0.406 e. The fourth-order valence-corrected chi connectivity index (χ4v) is 4.66. The molecule has 1 amide bonds. The standard InChI is InChI=1S/C24H25F6N3O2/c25-23(26,27)17-12-16(22(34)31-18-4-3-5-21(15-18)35-24(28,29)30)13-20(14-17)33-10-6-19(7-11-33)32-8-1-2-9-32/h3-5,12-15,19H,1-2,6-11H2,(H,31,34). The number of likely N-dealkylation sites (tertiary alicyclic amines) is 1. The lowest BCUT2D eigenvalue weighted by Gasteiger charge is -2.38. The number of carbonyl (C=O) groups excluding carboxylic acids is 1. The van der Waals surface area contributed by atoms with Gasteiger partial charge in [0.1, 0.15) is 5.75 Å². The molecule has 1 N–H and O–H groups in total. The second kappa shape index (κ2) is 9.96. The minimum absolute atomic E-state index is 0.0397. The molecule has 2 aromatic carbocycles. The number of amides is 1. The summed E-state index contributed by atoms with van der Waals surface area (Å²) < 4.78 is 82.0. The first-order valence-electron chi connectivity index (χ1n) is 11.4. The number of carbonyl (C=O) groups is 1. The van der Waals surface area contributed by atoms with E-state index in [-0.39, 0.29) is 11.3 Å². The summed E-state index contributed by atoms with van der Waals surface area (Å²) in [6, 6.07) is 8.12. The summed E-state index contributed by atoms with van der Waals surface area (Å²) in [4.78, 5) is 17.1. The second-order valence-electron chi connectivity index (χ2n) is 8.76. The van der Waals surface area contributed by atoms with Crippen molar-refractivity contribution in [1.82, 2.24) is 4.90 Å². The van der Waals surface area contributed by atoms with Gasteiger partial charge in [-0.3, -0.25) is 4.79 Å². The molecule has 0 radical (unpaired) electrons. The molecule has 0 spiro atoms. The lowest BCUT2D eigenvalue weighted by atomic mass is 10.0. The van der Waals surface area contributed by atoms with Gasteiger partial charge in [0.25, 0.3) is 5.91 Å². The van der Waals surface area contributed by atoms with E-state index >= 15 is 0 Å². The third-order valence-corrected chi connectivity index (χ3v) is 6.32. The van der Waals surface area contributed by atoms with Crippen LogP contribution in [0.2, 0.25) is 0 Å². The Bertz CT molecular complexity index is 1040. The van der Waals surface area contributed by atoms with E-state index in [0.29, 0.717) is 24.8 Å². The van der Waals surface area contributed by atoms with Gasteiger partial charge in [0.2, 0.25) is 0 Å². The lowest BCUT2D eigenvalue weighted by Crippen LogP contribution is -2.44. The molecule has 0 aliphatic carbocycles. The van der Waals surface area contributed by atoms with E-state index < -0.39 is 29.8 Å².